The Balaban J connectivity index is 2.25. The molecule has 0 unspecified atom stereocenters. The smallest absolute Gasteiger partial charge is 0.404 e. The Bertz CT molecular complexity index is 606. The minimum atomic E-state index is -1.02. The maximum Gasteiger partial charge on any atom is 0.404 e. The van der Waals surface area contributed by atoms with Crippen LogP contribution < -0.4 is 11.1 Å². The van der Waals surface area contributed by atoms with E-state index in [4.69, 9.17) is 23.1 Å². The molecule has 18 heavy (non-hydrogen) atoms. The van der Waals surface area contributed by atoms with Crippen LogP contribution in [-0.2, 0) is 6.42 Å². The zero-order chi connectivity index (χ0) is 13.1. The molecule has 1 heterocycles. The minimum absolute atomic E-state index is 0.354. The molecule has 2 aromatic rings. The first-order chi connectivity index (χ1) is 8.58. The van der Waals surface area contributed by atoms with Gasteiger partial charge in [0.15, 0.2) is 0 Å². The molecule has 0 aliphatic carbocycles. The maximum absolute atomic E-state index is 10.4. The van der Waals surface area contributed by atoms with E-state index >= 15 is 0 Å². The number of carbonyl (C=O) groups is 1. The molecule has 6 heteroatoms. The molecule has 0 saturated carbocycles. The molecule has 0 aliphatic rings. The summed E-state index contributed by atoms with van der Waals surface area (Å²) in [4.78, 5) is 13.9. The van der Waals surface area contributed by atoms with Gasteiger partial charge < -0.3 is 21.1 Å². The molecule has 0 aliphatic heterocycles. The van der Waals surface area contributed by atoms with Crippen LogP contribution >= 0.6 is 12.2 Å². The number of nitrogens with one attached hydrogen (secondary N) is 2. The van der Waals surface area contributed by atoms with Crippen molar-refractivity contribution in [3.63, 3.8) is 0 Å². The van der Waals surface area contributed by atoms with Crippen LogP contribution in [0.5, 0.6) is 0 Å². The molecule has 2 rings (SSSR count). The summed E-state index contributed by atoms with van der Waals surface area (Å²) in [5.74, 6) is 0. The van der Waals surface area contributed by atoms with E-state index in [0.29, 0.717) is 18.0 Å². The number of rotatable bonds is 4. The van der Waals surface area contributed by atoms with Crippen LogP contribution in [0.15, 0.2) is 24.4 Å². The SMILES string of the molecule is NC(=S)c1ccc2[nH]cc(CCNC(=O)O)c2c1. The van der Waals surface area contributed by atoms with Crippen LogP contribution in [0.2, 0.25) is 0 Å². The topological polar surface area (TPSA) is 91.1 Å². The number of carboxylic acid groups (broad SMARTS) is 1. The third-order valence-corrected chi connectivity index (χ3v) is 2.96. The fourth-order valence-electron chi connectivity index (χ4n) is 1.84. The third kappa shape index (κ3) is 2.60. The van der Waals surface area contributed by atoms with E-state index < -0.39 is 6.09 Å². The van der Waals surface area contributed by atoms with Gasteiger partial charge in [-0.15, -0.1) is 0 Å². The maximum atomic E-state index is 10.4. The van der Waals surface area contributed by atoms with Gasteiger partial charge in [-0.05, 0) is 30.2 Å². The van der Waals surface area contributed by atoms with Gasteiger partial charge in [0.1, 0.15) is 4.99 Å². The lowest BCUT2D eigenvalue weighted by atomic mass is 10.1. The number of H-pyrrole nitrogens is 1. The van der Waals surface area contributed by atoms with Gasteiger partial charge in [-0.1, -0.05) is 12.2 Å². The molecule has 5 nitrogen and oxygen atoms in total. The first kappa shape index (κ1) is 12.4. The summed E-state index contributed by atoms with van der Waals surface area (Å²) in [7, 11) is 0. The number of amides is 1. The number of thiocarbonyl (C=S) groups is 1. The van der Waals surface area contributed by atoms with Crippen LogP contribution in [0.3, 0.4) is 0 Å². The first-order valence-corrected chi connectivity index (χ1v) is 5.85. The van der Waals surface area contributed by atoms with E-state index in [1.54, 1.807) is 0 Å². The normalized spacial score (nSPS) is 10.4. The molecular formula is C12H13N3O2S. The van der Waals surface area contributed by atoms with Crippen molar-refractivity contribution in [3.8, 4) is 0 Å². The average Bonchev–Trinajstić information content (AvgIpc) is 2.71. The van der Waals surface area contributed by atoms with Crippen LogP contribution in [0.1, 0.15) is 11.1 Å². The quantitative estimate of drug-likeness (QED) is 0.631. The van der Waals surface area contributed by atoms with Crippen LogP contribution in [0.4, 0.5) is 4.79 Å². The highest BCUT2D eigenvalue weighted by molar-refractivity contribution is 7.80. The predicted molar refractivity (Wildman–Crippen MR) is 73.9 cm³/mol. The lowest BCUT2D eigenvalue weighted by Gasteiger charge is -2.02. The Labute approximate surface area is 109 Å². The van der Waals surface area contributed by atoms with Gasteiger partial charge >= 0.3 is 6.09 Å². The van der Waals surface area contributed by atoms with Gasteiger partial charge in [0.05, 0.1) is 0 Å². The van der Waals surface area contributed by atoms with E-state index in [1.807, 2.05) is 24.4 Å². The number of nitrogens with two attached hydrogens (primary N) is 1. The van der Waals surface area contributed by atoms with Crippen molar-refractivity contribution >= 4 is 34.2 Å². The molecule has 0 atom stereocenters. The van der Waals surface area contributed by atoms with Crippen molar-refractivity contribution < 1.29 is 9.90 Å². The molecule has 5 N–H and O–H groups in total. The van der Waals surface area contributed by atoms with E-state index in [0.717, 1.165) is 22.0 Å². The molecule has 0 radical (unpaired) electrons. The molecule has 0 saturated heterocycles. The lowest BCUT2D eigenvalue weighted by Crippen LogP contribution is -2.23. The summed E-state index contributed by atoms with van der Waals surface area (Å²) < 4.78 is 0. The van der Waals surface area contributed by atoms with Crippen molar-refractivity contribution in [1.29, 1.82) is 0 Å². The lowest BCUT2D eigenvalue weighted by molar-refractivity contribution is 0.194. The summed E-state index contributed by atoms with van der Waals surface area (Å²) >= 11 is 4.94. The second-order valence-corrected chi connectivity index (χ2v) is 4.36. The van der Waals surface area contributed by atoms with Gasteiger partial charge in [0.25, 0.3) is 0 Å². The van der Waals surface area contributed by atoms with Crippen molar-refractivity contribution in [2.24, 2.45) is 5.73 Å². The molecule has 0 bridgehead atoms. The monoisotopic (exact) mass is 263 g/mol. The van der Waals surface area contributed by atoms with Crippen molar-refractivity contribution in [2.45, 2.75) is 6.42 Å². The van der Waals surface area contributed by atoms with E-state index in [2.05, 4.69) is 10.3 Å². The fraction of sp³-hybridized carbons (Fsp3) is 0.167. The van der Waals surface area contributed by atoms with Gasteiger partial charge in [0.2, 0.25) is 0 Å². The number of aromatic amines is 1. The second kappa shape index (κ2) is 5.05. The Hall–Kier alpha value is -2.08. The van der Waals surface area contributed by atoms with Crippen LogP contribution in [-0.4, -0.2) is 27.7 Å². The van der Waals surface area contributed by atoms with Crippen molar-refractivity contribution in [2.75, 3.05) is 6.54 Å². The summed E-state index contributed by atoms with van der Waals surface area (Å²) in [5.41, 5.74) is 8.43. The molecular weight excluding hydrogens is 250 g/mol. The zero-order valence-corrected chi connectivity index (χ0v) is 10.4. The van der Waals surface area contributed by atoms with E-state index in [1.165, 1.54) is 0 Å². The largest absolute Gasteiger partial charge is 0.465 e. The minimum Gasteiger partial charge on any atom is -0.465 e. The predicted octanol–water partition coefficient (Wildman–Crippen LogP) is 1.61. The highest BCUT2D eigenvalue weighted by Crippen LogP contribution is 2.20. The fourth-order valence-corrected chi connectivity index (χ4v) is 1.97. The number of benzene rings is 1. The Kier molecular flexibility index (Phi) is 3.47. The van der Waals surface area contributed by atoms with Crippen LogP contribution in [0.25, 0.3) is 10.9 Å². The summed E-state index contributed by atoms with van der Waals surface area (Å²) in [6.07, 6.45) is 1.48. The summed E-state index contributed by atoms with van der Waals surface area (Å²) in [6.45, 7) is 0.375. The average molecular weight is 263 g/mol. The van der Waals surface area contributed by atoms with E-state index in [-0.39, 0.29) is 0 Å². The number of aromatic nitrogens is 1. The van der Waals surface area contributed by atoms with E-state index in [9.17, 15) is 4.79 Å². The molecule has 94 valence electrons. The van der Waals surface area contributed by atoms with Gasteiger partial charge in [0, 0.05) is 29.2 Å². The van der Waals surface area contributed by atoms with Crippen molar-refractivity contribution in [1.82, 2.24) is 10.3 Å². The standard InChI is InChI=1S/C12H13N3O2S/c13-11(18)7-1-2-10-9(5-7)8(6-15-10)3-4-14-12(16)17/h1-2,5-6,14-15H,3-4H2,(H2,13,18)(H,16,17). The Morgan fingerprint density at radius 2 is 2.28 bits per heavy atom. The van der Waals surface area contributed by atoms with Gasteiger partial charge in [-0.2, -0.15) is 0 Å². The first-order valence-electron chi connectivity index (χ1n) is 5.44. The number of hydrogen-bond donors (Lipinski definition) is 4. The van der Waals surface area contributed by atoms with Gasteiger partial charge in [-0.25, -0.2) is 4.79 Å². The van der Waals surface area contributed by atoms with Crippen LogP contribution in [0, 0.1) is 0 Å². The molecule has 0 spiro atoms. The summed E-state index contributed by atoms with van der Waals surface area (Å²) in [5, 5.41) is 11.9. The number of fused-ring (bicyclic) bond motifs is 1. The third-order valence-electron chi connectivity index (χ3n) is 2.72. The molecule has 1 amide bonds. The Morgan fingerprint density at radius 1 is 1.50 bits per heavy atom. The molecule has 1 aromatic carbocycles. The highest BCUT2D eigenvalue weighted by Gasteiger charge is 2.06. The molecule has 1 aromatic heterocycles. The number of hydrogen-bond acceptors (Lipinski definition) is 2. The van der Waals surface area contributed by atoms with Crippen molar-refractivity contribution in [3.05, 3.63) is 35.5 Å². The van der Waals surface area contributed by atoms with Gasteiger partial charge in [-0.3, -0.25) is 0 Å². The zero-order valence-electron chi connectivity index (χ0n) is 9.56. The second-order valence-electron chi connectivity index (χ2n) is 3.92. The Morgan fingerprint density at radius 3 is 2.94 bits per heavy atom. The summed E-state index contributed by atoms with van der Waals surface area (Å²) in [6, 6.07) is 5.70. The highest BCUT2D eigenvalue weighted by atomic mass is 32.1. The molecule has 0 fully saturated rings.